The van der Waals surface area contributed by atoms with Crippen LogP contribution in [-0.4, -0.2) is 29.2 Å². The summed E-state index contributed by atoms with van der Waals surface area (Å²) in [6.07, 6.45) is 0.273. The van der Waals surface area contributed by atoms with Gasteiger partial charge in [-0.3, -0.25) is 9.59 Å². The summed E-state index contributed by atoms with van der Waals surface area (Å²) in [7, 11) is 0. The average Bonchev–Trinajstić information content (AvgIpc) is 2.57. The number of carbonyl (C=O) groups is 2. The maximum atomic E-state index is 12.0. The van der Waals surface area contributed by atoms with Gasteiger partial charge in [-0.05, 0) is 11.5 Å². The number of thiocarbonyl (C=S) groups is 1. The van der Waals surface area contributed by atoms with E-state index in [0.717, 1.165) is 16.5 Å². The van der Waals surface area contributed by atoms with Crippen LogP contribution in [0.1, 0.15) is 14.3 Å². The summed E-state index contributed by atoms with van der Waals surface area (Å²) < 4.78 is 0.388. The van der Waals surface area contributed by atoms with E-state index in [0.29, 0.717) is 17.4 Å². The Morgan fingerprint density at radius 2 is 1.60 bits per heavy atom. The van der Waals surface area contributed by atoms with Crippen molar-refractivity contribution in [1.29, 1.82) is 0 Å². The largest absolute Gasteiger partial charge is 1.00 e. The van der Waals surface area contributed by atoms with E-state index in [1.165, 1.54) is 0 Å². The molecule has 0 aliphatic rings. The Morgan fingerprint density at radius 1 is 0.960 bits per heavy atom. The third-order valence-corrected chi connectivity index (χ3v) is 3.67. The van der Waals surface area contributed by atoms with E-state index in [1.54, 1.807) is 0 Å². The van der Waals surface area contributed by atoms with Crippen LogP contribution < -0.4 is 45.5 Å². The van der Waals surface area contributed by atoms with E-state index < -0.39 is 0 Å². The van der Waals surface area contributed by atoms with Gasteiger partial charge in [-0.2, -0.15) is 0 Å². The molecule has 0 fully saturated rings. The Balaban J connectivity index is 0.00000312. The van der Waals surface area contributed by atoms with Crippen molar-refractivity contribution >= 4 is 57.4 Å². The van der Waals surface area contributed by atoms with E-state index in [-0.39, 0.29) is 55.6 Å². The van der Waals surface area contributed by atoms with E-state index in [2.05, 4.69) is 28.6 Å². The van der Waals surface area contributed by atoms with Crippen molar-refractivity contribution in [1.82, 2.24) is 10.6 Å². The smallest absolute Gasteiger partial charge is 1.00 e. The summed E-state index contributed by atoms with van der Waals surface area (Å²) in [5, 5.41) is 10.4. The molecule has 3 N–H and O–H groups in total. The number of hydrogen-bond acceptors (Lipinski definition) is 3. The fourth-order valence-electron chi connectivity index (χ4n) is 2.23. The molecule has 0 radical (unpaired) electrons. The van der Waals surface area contributed by atoms with Gasteiger partial charge in [0, 0.05) is 37.0 Å². The van der Waals surface area contributed by atoms with Crippen LogP contribution in [0.15, 0.2) is 42.5 Å². The number of rotatable bonds is 7. The zero-order valence-electron chi connectivity index (χ0n) is 15.0. The van der Waals surface area contributed by atoms with E-state index >= 15 is 0 Å². The second kappa shape index (κ2) is 11.5. The molecule has 8 heteroatoms. The van der Waals surface area contributed by atoms with Crippen molar-refractivity contribution in [2.45, 2.75) is 12.8 Å². The predicted octanol–water partition coefficient (Wildman–Crippen LogP) is -0.404. The maximum absolute atomic E-state index is 12.0. The fourth-order valence-corrected chi connectivity index (χ4v) is 2.45. The summed E-state index contributed by atoms with van der Waals surface area (Å²) in [4.78, 5) is 23.7. The van der Waals surface area contributed by atoms with Crippen molar-refractivity contribution in [2.75, 3.05) is 18.4 Å². The minimum atomic E-state index is -0.184. The zero-order chi connectivity index (χ0) is 17.4. The van der Waals surface area contributed by atoms with Gasteiger partial charge >= 0.3 is 29.6 Å². The zero-order valence-corrected chi connectivity index (χ0v) is 17.8. The third kappa shape index (κ3) is 7.75. The monoisotopic (exact) mass is 385 g/mol. The number of nitrogens with one attached hydrogen (secondary N) is 3. The normalized spacial score (nSPS) is 9.80. The van der Waals surface area contributed by atoms with Gasteiger partial charge in [0.05, 0.1) is 0 Å². The molecule has 128 valence electrons. The molecule has 2 aromatic rings. The topological polar surface area (TPSA) is 70.2 Å². The van der Waals surface area contributed by atoms with Crippen molar-refractivity contribution in [2.24, 2.45) is 0 Å². The molecule has 0 atom stereocenters. The molecule has 0 aliphatic carbocycles. The predicted molar refractivity (Wildman–Crippen MR) is 106 cm³/mol. The van der Waals surface area contributed by atoms with Crippen molar-refractivity contribution in [3.05, 3.63) is 42.5 Å². The van der Waals surface area contributed by atoms with Gasteiger partial charge in [-0.15, -0.1) is 12.6 Å². The van der Waals surface area contributed by atoms with Crippen LogP contribution in [0.3, 0.4) is 0 Å². The summed E-state index contributed by atoms with van der Waals surface area (Å²) in [6, 6.07) is 13.6. The van der Waals surface area contributed by atoms with Crippen molar-refractivity contribution in [3.63, 3.8) is 0 Å². The second-order valence-corrected chi connectivity index (χ2v) is 6.31. The second-order valence-electron chi connectivity index (χ2n) is 5.16. The number of thiol groups is 1. The molecule has 25 heavy (non-hydrogen) atoms. The Labute approximate surface area is 181 Å². The van der Waals surface area contributed by atoms with Gasteiger partial charge in [-0.25, -0.2) is 0 Å². The molecule has 2 aromatic carbocycles. The van der Waals surface area contributed by atoms with Gasteiger partial charge < -0.3 is 17.4 Å². The number of fused-ring (bicyclic) bond motifs is 1. The number of carbonyl (C=O) groups excluding carboxylic acids is 2. The molecule has 2 amide bonds. The molecule has 0 heterocycles. The van der Waals surface area contributed by atoms with Crippen molar-refractivity contribution < 1.29 is 40.6 Å². The van der Waals surface area contributed by atoms with Crippen LogP contribution in [0.4, 0.5) is 5.69 Å². The summed E-state index contributed by atoms with van der Waals surface area (Å²) in [5.74, 6) is -0.355. The number of amides is 2. The van der Waals surface area contributed by atoms with E-state index in [9.17, 15) is 9.59 Å². The average molecular weight is 385 g/mol. The SMILES string of the molecule is O=C(CCC(=O)Nc1cccc2ccccc12)NCCNC(=S)S.[H-].[Na+]. The standard InChI is InChI=1S/C17H19N3O2S2.Na.H/c21-15(18-10-11-19-17(23)24)8-9-16(22)20-14-7-3-5-12-4-1-2-6-13(12)14;;/h1-7H,8-11H2,(H,18,21)(H,20,22)(H2,19,23,24);;/q;+1;-1. The summed E-state index contributed by atoms with van der Waals surface area (Å²) >= 11 is 8.66. The first kappa shape index (κ1) is 21.9. The number of benzene rings is 2. The minimum Gasteiger partial charge on any atom is -1.00 e. The Morgan fingerprint density at radius 3 is 2.36 bits per heavy atom. The molecular formula is C17H20N3NaO2S2. The first-order valence-corrected chi connectivity index (χ1v) is 8.43. The number of anilines is 1. The Kier molecular flexibility index (Phi) is 10.1. The van der Waals surface area contributed by atoms with Crippen LogP contribution in [0.5, 0.6) is 0 Å². The molecule has 0 bridgehead atoms. The van der Waals surface area contributed by atoms with Gasteiger partial charge in [0.15, 0.2) is 0 Å². The molecule has 0 aromatic heterocycles. The van der Waals surface area contributed by atoms with Gasteiger partial charge in [0.2, 0.25) is 11.8 Å². The molecule has 0 unspecified atom stereocenters. The molecule has 0 saturated carbocycles. The molecule has 0 aliphatic heterocycles. The minimum absolute atomic E-state index is 0. The third-order valence-electron chi connectivity index (χ3n) is 3.37. The molecule has 0 spiro atoms. The van der Waals surface area contributed by atoms with Crippen LogP contribution in [0.25, 0.3) is 10.8 Å². The van der Waals surface area contributed by atoms with Gasteiger partial charge in [0.25, 0.3) is 0 Å². The molecule has 2 rings (SSSR count). The maximum Gasteiger partial charge on any atom is 1.00 e. The Hall–Kier alpha value is -1.12. The Bertz CT molecular complexity index is 756. The molecular weight excluding hydrogens is 365 g/mol. The first-order valence-electron chi connectivity index (χ1n) is 7.57. The van der Waals surface area contributed by atoms with Crippen LogP contribution in [0, 0.1) is 0 Å². The van der Waals surface area contributed by atoms with Gasteiger partial charge in [0.1, 0.15) is 4.32 Å². The van der Waals surface area contributed by atoms with Crippen LogP contribution >= 0.6 is 24.8 Å². The fraction of sp³-hybridized carbons (Fsp3) is 0.235. The summed E-state index contributed by atoms with van der Waals surface area (Å²) in [6.45, 7) is 0.945. The molecule has 5 nitrogen and oxygen atoms in total. The van der Waals surface area contributed by atoms with Gasteiger partial charge in [-0.1, -0.05) is 48.6 Å². The van der Waals surface area contributed by atoms with E-state index in [4.69, 9.17) is 12.2 Å². The van der Waals surface area contributed by atoms with E-state index in [1.807, 2.05) is 42.5 Å². The molecule has 0 saturated heterocycles. The van der Waals surface area contributed by atoms with Crippen LogP contribution in [0.2, 0.25) is 0 Å². The van der Waals surface area contributed by atoms with Crippen LogP contribution in [-0.2, 0) is 9.59 Å². The number of hydrogen-bond donors (Lipinski definition) is 4. The van der Waals surface area contributed by atoms with Crippen molar-refractivity contribution in [3.8, 4) is 0 Å². The first-order chi connectivity index (χ1) is 11.6. The summed E-state index contributed by atoms with van der Waals surface area (Å²) in [5.41, 5.74) is 0.755. The quantitative estimate of drug-likeness (QED) is 0.227.